The summed E-state index contributed by atoms with van der Waals surface area (Å²) >= 11 is 5.47. The van der Waals surface area contributed by atoms with Crippen molar-refractivity contribution in [2.45, 2.75) is 6.61 Å². The molecule has 0 atom stereocenters. The van der Waals surface area contributed by atoms with Gasteiger partial charge in [-0.05, 0) is 6.07 Å². The summed E-state index contributed by atoms with van der Waals surface area (Å²) in [6.45, 7) is -0.208. The first kappa shape index (κ1) is 12.5. The van der Waals surface area contributed by atoms with Crippen LogP contribution in [0.15, 0.2) is 28.5 Å². The van der Waals surface area contributed by atoms with Crippen LogP contribution in [0.2, 0.25) is 0 Å². The van der Waals surface area contributed by atoms with Crippen molar-refractivity contribution >= 4 is 22.6 Å². The van der Waals surface area contributed by atoms with Gasteiger partial charge in [0, 0.05) is 18.8 Å². The molecule has 0 saturated carbocycles. The molecule has 5 nitrogen and oxygen atoms in total. The van der Waals surface area contributed by atoms with Crippen LogP contribution in [0.1, 0.15) is 16.1 Å². The number of halogens is 1. The van der Waals surface area contributed by atoms with E-state index in [0.29, 0.717) is 5.56 Å². The number of carbonyl (C=O) groups excluding carboxylic acids is 1. The monoisotopic (exact) mass is 242 g/mol. The van der Waals surface area contributed by atoms with Crippen molar-refractivity contribution in [2.75, 3.05) is 7.05 Å². The highest BCUT2D eigenvalue weighted by atomic mass is 35.5. The number of allylic oxidation sites excluding steroid dienone is 1. The molecule has 16 heavy (non-hydrogen) atoms. The predicted molar refractivity (Wildman–Crippen MR) is 59.7 cm³/mol. The van der Waals surface area contributed by atoms with E-state index in [-0.39, 0.29) is 23.1 Å². The maximum atomic E-state index is 11.8. The summed E-state index contributed by atoms with van der Waals surface area (Å²) in [5.74, 6) is -0.468. The minimum Gasteiger partial charge on any atom is -0.460 e. The fraction of sp³-hybridized carbons (Fsp3) is 0.200. The van der Waals surface area contributed by atoms with E-state index in [1.807, 2.05) is 0 Å². The van der Waals surface area contributed by atoms with Crippen LogP contribution in [0.5, 0.6) is 0 Å². The average Bonchev–Trinajstić information content (AvgIpc) is 2.73. The summed E-state index contributed by atoms with van der Waals surface area (Å²) in [7, 11) is 1.59. The molecule has 0 spiro atoms. The number of carbonyl (C=O) groups is 1. The maximum absolute atomic E-state index is 11.8. The van der Waals surface area contributed by atoms with Crippen LogP contribution in [0.3, 0.4) is 0 Å². The van der Waals surface area contributed by atoms with Crippen molar-refractivity contribution < 1.29 is 14.3 Å². The second-order valence-electron chi connectivity index (χ2n) is 2.97. The van der Waals surface area contributed by atoms with E-state index >= 15 is 0 Å². The van der Waals surface area contributed by atoms with Crippen molar-refractivity contribution in [3.05, 3.63) is 35.4 Å². The zero-order valence-corrected chi connectivity index (χ0v) is 9.34. The molecule has 0 aliphatic rings. The molecule has 6 heteroatoms. The summed E-state index contributed by atoms with van der Waals surface area (Å²) in [4.78, 5) is 11.8. The molecule has 0 amide bonds. The van der Waals surface area contributed by atoms with Crippen LogP contribution >= 0.6 is 11.6 Å². The number of aliphatic hydroxyl groups is 1. The van der Waals surface area contributed by atoms with E-state index < -0.39 is 5.78 Å². The Kier molecular flexibility index (Phi) is 4.28. The topological polar surface area (TPSA) is 86.3 Å². The molecule has 0 saturated heterocycles. The molecular weight excluding hydrogens is 232 g/mol. The molecule has 0 unspecified atom stereocenters. The third-order valence-electron chi connectivity index (χ3n) is 1.83. The molecular formula is C10H11ClN2O3. The molecule has 86 valence electrons. The zero-order chi connectivity index (χ0) is 12.1. The van der Waals surface area contributed by atoms with Crippen LogP contribution in [0.4, 0.5) is 0 Å². The number of Topliss-reactive ketones (excluding diaryl/α,β-unsaturated/α-hetero) is 1. The van der Waals surface area contributed by atoms with Gasteiger partial charge in [-0.3, -0.25) is 10.2 Å². The summed E-state index contributed by atoms with van der Waals surface area (Å²) in [6, 6.07) is 1.41. The number of hydrogen-bond acceptors (Lipinski definition) is 5. The van der Waals surface area contributed by atoms with Gasteiger partial charge in [0.15, 0.2) is 5.76 Å². The molecule has 3 N–H and O–H groups in total. The molecule has 0 radical (unpaired) electrons. The van der Waals surface area contributed by atoms with Crippen LogP contribution in [0, 0.1) is 5.41 Å². The highest BCUT2D eigenvalue weighted by molar-refractivity contribution is 6.72. The second kappa shape index (κ2) is 5.48. The largest absolute Gasteiger partial charge is 0.460 e. The van der Waals surface area contributed by atoms with Crippen molar-refractivity contribution in [3.8, 4) is 0 Å². The highest BCUT2D eigenvalue weighted by Gasteiger charge is 2.18. The highest BCUT2D eigenvalue weighted by Crippen LogP contribution is 2.14. The number of nitrogens with one attached hydrogen (secondary N) is 2. The van der Waals surface area contributed by atoms with E-state index in [4.69, 9.17) is 26.5 Å². The summed E-state index contributed by atoms with van der Waals surface area (Å²) in [6.07, 6.45) is 2.60. The van der Waals surface area contributed by atoms with Gasteiger partial charge in [0.05, 0.1) is 18.4 Å². The van der Waals surface area contributed by atoms with E-state index in [9.17, 15) is 4.79 Å². The molecule has 0 bridgehead atoms. The molecule has 1 aromatic rings. The number of aliphatic hydroxyl groups excluding tert-OH is 1. The Balaban J connectivity index is 2.99. The molecule has 0 aromatic carbocycles. The number of furan rings is 1. The lowest BCUT2D eigenvalue weighted by Crippen LogP contribution is -2.11. The number of ketones is 1. The van der Waals surface area contributed by atoms with Crippen molar-refractivity contribution in [1.29, 1.82) is 5.41 Å². The Morgan fingerprint density at radius 2 is 2.44 bits per heavy atom. The summed E-state index contributed by atoms with van der Waals surface area (Å²) < 4.78 is 4.96. The van der Waals surface area contributed by atoms with Crippen molar-refractivity contribution in [2.24, 2.45) is 0 Å². The van der Waals surface area contributed by atoms with E-state index in [2.05, 4.69) is 5.32 Å². The van der Waals surface area contributed by atoms with Gasteiger partial charge in [-0.25, -0.2) is 0 Å². The average molecular weight is 243 g/mol. The van der Waals surface area contributed by atoms with Gasteiger partial charge in [0.2, 0.25) is 5.78 Å². The third-order valence-corrected chi connectivity index (χ3v) is 2.03. The fourth-order valence-corrected chi connectivity index (χ4v) is 1.22. The third kappa shape index (κ3) is 2.71. The van der Waals surface area contributed by atoms with Gasteiger partial charge in [-0.15, -0.1) is 0 Å². The molecule has 1 aromatic heterocycles. The zero-order valence-electron chi connectivity index (χ0n) is 8.58. The van der Waals surface area contributed by atoms with Crippen LogP contribution in [-0.2, 0) is 6.61 Å². The molecule has 0 aliphatic carbocycles. The Morgan fingerprint density at radius 3 is 2.88 bits per heavy atom. The Morgan fingerprint density at radius 1 is 1.75 bits per heavy atom. The summed E-state index contributed by atoms with van der Waals surface area (Å²) in [5, 5.41) is 18.3. The Bertz CT molecular complexity index is 437. The van der Waals surface area contributed by atoms with Crippen LogP contribution < -0.4 is 5.32 Å². The van der Waals surface area contributed by atoms with Gasteiger partial charge in [0.25, 0.3) is 0 Å². The lowest BCUT2D eigenvalue weighted by atomic mass is 10.1. The maximum Gasteiger partial charge on any atom is 0.232 e. The van der Waals surface area contributed by atoms with Crippen molar-refractivity contribution in [1.82, 2.24) is 5.32 Å². The van der Waals surface area contributed by atoms with E-state index in [1.165, 1.54) is 18.5 Å². The van der Waals surface area contributed by atoms with Crippen LogP contribution in [0.25, 0.3) is 0 Å². The number of hydrogen-bond donors (Lipinski definition) is 3. The quantitative estimate of drug-likeness (QED) is 0.412. The number of rotatable bonds is 5. The first-order valence-corrected chi connectivity index (χ1v) is 4.82. The normalized spacial score (nSPS) is 11.3. The van der Waals surface area contributed by atoms with Gasteiger partial charge < -0.3 is 14.8 Å². The van der Waals surface area contributed by atoms with Gasteiger partial charge >= 0.3 is 0 Å². The first-order valence-electron chi connectivity index (χ1n) is 4.45. The standard InChI is InChI=1S/C10H11ClN2O3/c1-13-3-7(10(11)12)9(15)8-2-6(4-14)5-16-8/h2-3,5,12-14H,4H2,1H3/b7-3-,12-10?. The molecule has 0 fully saturated rings. The minimum atomic E-state index is -0.506. The SMILES string of the molecule is CN/C=C(\C(=N)Cl)C(=O)c1cc(CO)co1. The minimum absolute atomic E-state index is 0.00278. The molecule has 1 rings (SSSR count). The first-order chi connectivity index (χ1) is 7.60. The molecule has 0 aliphatic heterocycles. The van der Waals surface area contributed by atoms with Gasteiger partial charge in [-0.1, -0.05) is 11.6 Å². The van der Waals surface area contributed by atoms with Crippen LogP contribution in [-0.4, -0.2) is 23.1 Å². The Hall–Kier alpha value is -1.59. The van der Waals surface area contributed by atoms with Gasteiger partial charge in [0.1, 0.15) is 5.17 Å². The lowest BCUT2D eigenvalue weighted by molar-refractivity contribution is 0.101. The fourth-order valence-electron chi connectivity index (χ4n) is 1.08. The van der Waals surface area contributed by atoms with E-state index in [1.54, 1.807) is 7.05 Å². The van der Waals surface area contributed by atoms with Crippen molar-refractivity contribution in [3.63, 3.8) is 0 Å². The smallest absolute Gasteiger partial charge is 0.232 e. The van der Waals surface area contributed by atoms with Gasteiger partial charge in [-0.2, -0.15) is 0 Å². The molecule has 1 heterocycles. The predicted octanol–water partition coefficient (Wildman–Crippen LogP) is 1.27. The summed E-state index contributed by atoms with van der Waals surface area (Å²) in [5.41, 5.74) is 0.497. The van der Waals surface area contributed by atoms with E-state index in [0.717, 1.165) is 0 Å². The lowest BCUT2D eigenvalue weighted by Gasteiger charge is -2.00. The Labute approximate surface area is 97.2 Å². The second-order valence-corrected chi connectivity index (χ2v) is 3.35.